The zero-order chi connectivity index (χ0) is 14.5. The fourth-order valence-electron chi connectivity index (χ4n) is 2.19. The molecule has 2 N–H and O–H groups in total. The molecule has 1 atom stereocenters. The summed E-state index contributed by atoms with van der Waals surface area (Å²) >= 11 is 0. The highest BCUT2D eigenvalue weighted by Gasteiger charge is 2.09. The van der Waals surface area contributed by atoms with Gasteiger partial charge in [0, 0.05) is 12.6 Å². The Morgan fingerprint density at radius 2 is 2.20 bits per heavy atom. The van der Waals surface area contributed by atoms with Crippen LogP contribution in [0.25, 0.3) is 0 Å². The molecule has 0 saturated heterocycles. The van der Waals surface area contributed by atoms with Gasteiger partial charge in [-0.2, -0.15) is 5.10 Å². The number of aryl methyl sites for hydroxylation is 2. The van der Waals surface area contributed by atoms with Gasteiger partial charge in [-0.3, -0.25) is 4.68 Å². The van der Waals surface area contributed by atoms with E-state index in [2.05, 4.69) is 31.1 Å². The molecule has 1 unspecified atom stereocenters. The Labute approximate surface area is 120 Å². The Kier molecular flexibility index (Phi) is 4.79. The largest absolute Gasteiger partial charge is 0.454 e. The lowest BCUT2D eigenvalue weighted by molar-refractivity contribution is 0.472. The summed E-state index contributed by atoms with van der Waals surface area (Å²) in [5.74, 6) is 1.64. The first-order chi connectivity index (χ1) is 9.58. The van der Waals surface area contributed by atoms with Crippen LogP contribution >= 0.6 is 0 Å². The normalized spacial score (nSPS) is 12.4. The van der Waals surface area contributed by atoms with Crippen molar-refractivity contribution in [2.24, 2.45) is 5.73 Å². The molecule has 0 bridgehead atoms. The van der Waals surface area contributed by atoms with Crippen LogP contribution in [0.15, 0.2) is 30.6 Å². The molecule has 0 aliphatic carbocycles. The van der Waals surface area contributed by atoms with Crippen molar-refractivity contribution in [3.8, 4) is 11.5 Å². The van der Waals surface area contributed by atoms with Gasteiger partial charge in [-0.15, -0.1) is 0 Å². The van der Waals surface area contributed by atoms with Gasteiger partial charge >= 0.3 is 0 Å². The topological polar surface area (TPSA) is 53.1 Å². The molecule has 0 spiro atoms. The van der Waals surface area contributed by atoms with E-state index < -0.39 is 0 Å². The molecular weight excluding hydrogens is 250 g/mol. The standard InChI is InChI=1S/C16H23N3O/c1-4-7-19-11-15(10-18-19)20-16-6-5-12(2)8-14(16)9-13(3)17/h5-6,8,10-11,13H,4,7,9,17H2,1-3H3. The van der Waals surface area contributed by atoms with Crippen LogP contribution < -0.4 is 10.5 Å². The molecule has 0 amide bonds. The number of benzene rings is 1. The van der Waals surface area contributed by atoms with Gasteiger partial charge in [-0.25, -0.2) is 0 Å². The molecule has 4 nitrogen and oxygen atoms in total. The highest BCUT2D eigenvalue weighted by atomic mass is 16.5. The maximum atomic E-state index is 5.95. The van der Waals surface area contributed by atoms with Gasteiger partial charge < -0.3 is 10.5 Å². The number of hydrogen-bond donors (Lipinski definition) is 1. The molecule has 108 valence electrons. The van der Waals surface area contributed by atoms with Gasteiger partial charge in [0.05, 0.1) is 12.4 Å². The molecule has 0 radical (unpaired) electrons. The summed E-state index contributed by atoms with van der Waals surface area (Å²) < 4.78 is 7.85. The number of ether oxygens (including phenoxy) is 1. The minimum Gasteiger partial charge on any atom is -0.454 e. The SMILES string of the molecule is CCCn1cc(Oc2ccc(C)cc2CC(C)N)cn1. The van der Waals surface area contributed by atoms with Gasteiger partial charge in [0.25, 0.3) is 0 Å². The number of aromatic nitrogens is 2. The van der Waals surface area contributed by atoms with Crippen LogP contribution in [0.1, 0.15) is 31.4 Å². The monoisotopic (exact) mass is 273 g/mol. The lowest BCUT2D eigenvalue weighted by atomic mass is 10.0. The van der Waals surface area contributed by atoms with E-state index in [1.165, 1.54) is 5.56 Å². The summed E-state index contributed by atoms with van der Waals surface area (Å²) in [6.07, 6.45) is 5.55. The highest BCUT2D eigenvalue weighted by Crippen LogP contribution is 2.27. The fraction of sp³-hybridized carbons (Fsp3) is 0.438. The van der Waals surface area contributed by atoms with E-state index in [1.807, 2.05) is 23.9 Å². The maximum absolute atomic E-state index is 5.95. The number of hydrogen-bond acceptors (Lipinski definition) is 3. The Balaban J connectivity index is 2.18. The van der Waals surface area contributed by atoms with E-state index in [1.54, 1.807) is 6.20 Å². The van der Waals surface area contributed by atoms with Crippen LogP contribution in [-0.2, 0) is 13.0 Å². The summed E-state index contributed by atoms with van der Waals surface area (Å²) in [4.78, 5) is 0. The van der Waals surface area contributed by atoms with Crippen LogP contribution in [-0.4, -0.2) is 15.8 Å². The first-order valence-corrected chi connectivity index (χ1v) is 7.14. The summed E-state index contributed by atoms with van der Waals surface area (Å²) in [7, 11) is 0. The van der Waals surface area contributed by atoms with Crippen LogP contribution in [0.3, 0.4) is 0 Å². The maximum Gasteiger partial charge on any atom is 0.165 e. The third-order valence-corrected chi connectivity index (χ3v) is 3.05. The Morgan fingerprint density at radius 3 is 2.90 bits per heavy atom. The van der Waals surface area contributed by atoms with Crippen molar-refractivity contribution < 1.29 is 4.74 Å². The predicted octanol–water partition coefficient (Wildman–Crippen LogP) is 3.28. The van der Waals surface area contributed by atoms with Gasteiger partial charge in [0.1, 0.15) is 5.75 Å². The summed E-state index contributed by atoms with van der Waals surface area (Å²) in [5.41, 5.74) is 8.27. The average Bonchev–Trinajstić information content (AvgIpc) is 2.80. The van der Waals surface area contributed by atoms with E-state index in [9.17, 15) is 0 Å². The molecule has 0 aliphatic heterocycles. The van der Waals surface area contributed by atoms with Crippen molar-refractivity contribution in [3.63, 3.8) is 0 Å². The molecule has 2 aromatic rings. The van der Waals surface area contributed by atoms with Gasteiger partial charge in [0.2, 0.25) is 0 Å². The van der Waals surface area contributed by atoms with Crippen molar-refractivity contribution in [2.45, 2.75) is 46.2 Å². The summed E-state index contributed by atoms with van der Waals surface area (Å²) in [6.45, 7) is 7.12. The van der Waals surface area contributed by atoms with Crippen molar-refractivity contribution in [3.05, 3.63) is 41.7 Å². The first-order valence-electron chi connectivity index (χ1n) is 7.14. The third kappa shape index (κ3) is 3.84. The Bertz CT molecular complexity index is 561. The molecule has 1 aromatic heterocycles. The van der Waals surface area contributed by atoms with Crippen LogP contribution in [0.5, 0.6) is 11.5 Å². The Hall–Kier alpha value is -1.81. The van der Waals surface area contributed by atoms with E-state index >= 15 is 0 Å². The number of rotatable bonds is 6. The lowest BCUT2D eigenvalue weighted by Crippen LogP contribution is -2.18. The third-order valence-electron chi connectivity index (χ3n) is 3.05. The number of nitrogens with zero attached hydrogens (tertiary/aromatic N) is 2. The minimum atomic E-state index is 0.113. The highest BCUT2D eigenvalue weighted by molar-refractivity contribution is 5.40. The van der Waals surface area contributed by atoms with Crippen LogP contribution in [0.2, 0.25) is 0 Å². The van der Waals surface area contributed by atoms with Crippen molar-refractivity contribution in [1.82, 2.24) is 9.78 Å². The van der Waals surface area contributed by atoms with Crippen molar-refractivity contribution >= 4 is 0 Å². The summed E-state index contributed by atoms with van der Waals surface area (Å²) in [6, 6.07) is 6.30. The molecule has 4 heteroatoms. The second-order valence-electron chi connectivity index (χ2n) is 5.33. The van der Waals surface area contributed by atoms with Crippen molar-refractivity contribution in [2.75, 3.05) is 0 Å². The van der Waals surface area contributed by atoms with Gasteiger partial charge in [-0.05, 0) is 38.3 Å². The van der Waals surface area contributed by atoms with Gasteiger partial charge in [-0.1, -0.05) is 24.6 Å². The second kappa shape index (κ2) is 6.57. The lowest BCUT2D eigenvalue weighted by Gasteiger charge is -2.12. The first kappa shape index (κ1) is 14.6. The zero-order valence-corrected chi connectivity index (χ0v) is 12.5. The van der Waals surface area contributed by atoms with E-state index in [-0.39, 0.29) is 6.04 Å². The molecule has 0 aliphatic rings. The molecule has 0 fully saturated rings. The van der Waals surface area contributed by atoms with Crippen LogP contribution in [0, 0.1) is 6.92 Å². The van der Waals surface area contributed by atoms with E-state index in [0.717, 1.165) is 36.4 Å². The fourth-order valence-corrected chi connectivity index (χ4v) is 2.19. The molecular formula is C16H23N3O. The van der Waals surface area contributed by atoms with Gasteiger partial charge in [0.15, 0.2) is 5.75 Å². The smallest absolute Gasteiger partial charge is 0.165 e. The average molecular weight is 273 g/mol. The molecule has 1 aromatic carbocycles. The van der Waals surface area contributed by atoms with Crippen LogP contribution in [0.4, 0.5) is 0 Å². The molecule has 1 heterocycles. The number of nitrogens with two attached hydrogens (primary N) is 1. The minimum absolute atomic E-state index is 0.113. The van der Waals surface area contributed by atoms with E-state index in [0.29, 0.717) is 0 Å². The zero-order valence-electron chi connectivity index (χ0n) is 12.5. The second-order valence-corrected chi connectivity index (χ2v) is 5.33. The molecule has 20 heavy (non-hydrogen) atoms. The van der Waals surface area contributed by atoms with E-state index in [4.69, 9.17) is 10.5 Å². The van der Waals surface area contributed by atoms with Crippen molar-refractivity contribution in [1.29, 1.82) is 0 Å². The quantitative estimate of drug-likeness (QED) is 0.878. The Morgan fingerprint density at radius 1 is 1.40 bits per heavy atom. The summed E-state index contributed by atoms with van der Waals surface area (Å²) in [5, 5.41) is 4.28. The molecule has 2 rings (SSSR count). The predicted molar refractivity (Wildman–Crippen MR) is 81.1 cm³/mol. The molecule has 0 saturated carbocycles.